The number of benzene rings is 1. The van der Waals surface area contributed by atoms with Gasteiger partial charge in [0.05, 0.1) is 5.37 Å². The van der Waals surface area contributed by atoms with Crippen LogP contribution in [0.15, 0.2) is 24.3 Å². The largest absolute Gasteiger partial charge is 0.352 e. The lowest BCUT2D eigenvalue weighted by Crippen LogP contribution is -2.51. The summed E-state index contributed by atoms with van der Waals surface area (Å²) in [4.78, 5) is 27.7. The fraction of sp³-hybridized carbons (Fsp3) is 0.600. The first-order chi connectivity index (χ1) is 12.6. The van der Waals surface area contributed by atoms with Gasteiger partial charge in [-0.3, -0.25) is 9.59 Å². The average molecular weight is 376 g/mol. The Bertz CT molecular complexity index is 688. The summed E-state index contributed by atoms with van der Waals surface area (Å²) in [5.41, 5.74) is 0.331. The highest BCUT2D eigenvalue weighted by molar-refractivity contribution is 8.00. The molecular weight excluding hydrogens is 351 g/mol. The van der Waals surface area contributed by atoms with Gasteiger partial charge in [-0.1, -0.05) is 25.3 Å². The van der Waals surface area contributed by atoms with Gasteiger partial charge >= 0.3 is 0 Å². The SMILES string of the molecule is O=C(NC1CC1)[C@@H]1CS[C@@H](C2CCCCC2)N1C(=O)c1cccc(F)c1. The molecule has 3 fully saturated rings. The van der Waals surface area contributed by atoms with Crippen molar-refractivity contribution in [1.82, 2.24) is 10.2 Å². The molecule has 3 aliphatic rings. The van der Waals surface area contributed by atoms with Gasteiger partial charge in [0, 0.05) is 17.4 Å². The molecule has 0 spiro atoms. The molecule has 26 heavy (non-hydrogen) atoms. The zero-order valence-corrected chi connectivity index (χ0v) is 15.6. The average Bonchev–Trinajstić information content (AvgIpc) is 3.35. The maximum absolute atomic E-state index is 13.6. The van der Waals surface area contributed by atoms with Crippen LogP contribution in [0.5, 0.6) is 0 Å². The second-order valence-corrected chi connectivity index (χ2v) is 8.79. The smallest absolute Gasteiger partial charge is 0.255 e. The predicted molar refractivity (Wildman–Crippen MR) is 100 cm³/mol. The molecule has 1 heterocycles. The van der Waals surface area contributed by atoms with E-state index >= 15 is 0 Å². The summed E-state index contributed by atoms with van der Waals surface area (Å²) in [6, 6.07) is 5.63. The van der Waals surface area contributed by atoms with Crippen LogP contribution >= 0.6 is 11.8 Å². The van der Waals surface area contributed by atoms with E-state index in [1.54, 1.807) is 28.8 Å². The first-order valence-corrected chi connectivity index (χ1v) is 10.7. The van der Waals surface area contributed by atoms with E-state index in [4.69, 9.17) is 0 Å². The van der Waals surface area contributed by atoms with Crippen LogP contribution < -0.4 is 5.32 Å². The molecule has 2 aliphatic carbocycles. The Labute approximate surface area is 157 Å². The number of nitrogens with one attached hydrogen (secondary N) is 1. The summed E-state index contributed by atoms with van der Waals surface area (Å²) < 4.78 is 13.6. The van der Waals surface area contributed by atoms with E-state index in [1.807, 2.05) is 0 Å². The van der Waals surface area contributed by atoms with Gasteiger partial charge in [0.2, 0.25) is 5.91 Å². The number of rotatable bonds is 4. The summed E-state index contributed by atoms with van der Waals surface area (Å²) in [6.45, 7) is 0. The molecule has 2 atom stereocenters. The van der Waals surface area contributed by atoms with E-state index in [0.717, 1.165) is 25.7 Å². The highest BCUT2D eigenvalue weighted by atomic mass is 32.2. The van der Waals surface area contributed by atoms with Crippen molar-refractivity contribution in [2.75, 3.05) is 5.75 Å². The van der Waals surface area contributed by atoms with E-state index in [1.165, 1.54) is 31.4 Å². The molecule has 1 saturated heterocycles. The molecule has 2 amide bonds. The van der Waals surface area contributed by atoms with Crippen molar-refractivity contribution >= 4 is 23.6 Å². The third kappa shape index (κ3) is 3.75. The second-order valence-electron chi connectivity index (χ2n) is 7.64. The summed E-state index contributed by atoms with van der Waals surface area (Å²) in [7, 11) is 0. The summed E-state index contributed by atoms with van der Waals surface area (Å²) in [5.74, 6) is 0.353. The van der Waals surface area contributed by atoms with Crippen molar-refractivity contribution in [3.63, 3.8) is 0 Å². The Morgan fingerprint density at radius 1 is 1.12 bits per heavy atom. The van der Waals surface area contributed by atoms with E-state index < -0.39 is 11.9 Å². The number of hydrogen-bond acceptors (Lipinski definition) is 3. The molecule has 4 nitrogen and oxygen atoms in total. The molecule has 1 N–H and O–H groups in total. The van der Waals surface area contributed by atoms with Crippen LogP contribution in [0.1, 0.15) is 55.3 Å². The van der Waals surface area contributed by atoms with Gasteiger partial charge in [-0.05, 0) is 49.8 Å². The Morgan fingerprint density at radius 3 is 2.58 bits per heavy atom. The molecule has 1 aromatic rings. The third-order valence-electron chi connectivity index (χ3n) is 5.62. The lowest BCUT2D eigenvalue weighted by atomic mass is 9.88. The van der Waals surface area contributed by atoms with Crippen LogP contribution in [0.4, 0.5) is 4.39 Å². The van der Waals surface area contributed by atoms with E-state index in [2.05, 4.69) is 5.32 Å². The van der Waals surface area contributed by atoms with Gasteiger partial charge in [0.1, 0.15) is 11.9 Å². The number of carbonyl (C=O) groups is 2. The second kappa shape index (κ2) is 7.59. The monoisotopic (exact) mass is 376 g/mol. The van der Waals surface area contributed by atoms with Crippen molar-refractivity contribution in [1.29, 1.82) is 0 Å². The minimum atomic E-state index is -0.455. The molecule has 0 aromatic heterocycles. The van der Waals surface area contributed by atoms with Crippen LogP contribution in [-0.4, -0.2) is 39.9 Å². The summed E-state index contributed by atoms with van der Waals surface area (Å²) in [6.07, 6.45) is 7.86. The van der Waals surface area contributed by atoms with Crippen molar-refractivity contribution in [3.05, 3.63) is 35.6 Å². The molecule has 4 rings (SSSR count). The first-order valence-electron chi connectivity index (χ1n) is 9.63. The number of hydrogen-bond donors (Lipinski definition) is 1. The van der Waals surface area contributed by atoms with Crippen molar-refractivity contribution in [2.45, 2.75) is 62.4 Å². The van der Waals surface area contributed by atoms with E-state index in [9.17, 15) is 14.0 Å². The molecule has 140 valence electrons. The number of carbonyl (C=O) groups excluding carboxylic acids is 2. The maximum Gasteiger partial charge on any atom is 0.255 e. The van der Waals surface area contributed by atoms with Crippen LogP contribution in [0.3, 0.4) is 0 Å². The van der Waals surface area contributed by atoms with Gasteiger partial charge in [0.25, 0.3) is 5.91 Å². The lowest BCUT2D eigenvalue weighted by molar-refractivity contribution is -0.125. The van der Waals surface area contributed by atoms with Gasteiger partial charge < -0.3 is 10.2 Å². The Hall–Kier alpha value is -1.56. The minimum absolute atomic E-state index is 0.0148. The molecule has 1 aromatic carbocycles. The summed E-state index contributed by atoms with van der Waals surface area (Å²) >= 11 is 1.72. The Kier molecular flexibility index (Phi) is 5.20. The standard InChI is InChI=1S/C20H25FN2O2S/c21-15-8-4-7-14(11-15)19(25)23-17(18(24)22-16-9-10-16)12-26-20(23)13-5-2-1-3-6-13/h4,7-8,11,13,16-17,20H,1-3,5-6,9-10,12H2,(H,22,24)/t17-,20-/m0/s1. The zero-order chi connectivity index (χ0) is 18.1. The quantitative estimate of drug-likeness (QED) is 0.874. The predicted octanol–water partition coefficient (Wildman–Crippen LogP) is 3.57. The minimum Gasteiger partial charge on any atom is -0.352 e. The molecule has 2 saturated carbocycles. The van der Waals surface area contributed by atoms with Crippen LogP contribution in [0, 0.1) is 11.7 Å². The Balaban J connectivity index is 1.59. The topological polar surface area (TPSA) is 49.4 Å². The van der Waals surface area contributed by atoms with Crippen LogP contribution in [0.2, 0.25) is 0 Å². The number of thioether (sulfide) groups is 1. The lowest BCUT2D eigenvalue weighted by Gasteiger charge is -2.35. The fourth-order valence-corrected chi connectivity index (χ4v) is 5.70. The van der Waals surface area contributed by atoms with E-state index in [0.29, 0.717) is 17.2 Å². The molecule has 1 aliphatic heterocycles. The van der Waals surface area contributed by atoms with Gasteiger partial charge in [-0.25, -0.2) is 4.39 Å². The maximum atomic E-state index is 13.6. The van der Waals surface area contributed by atoms with Crippen molar-refractivity contribution < 1.29 is 14.0 Å². The zero-order valence-electron chi connectivity index (χ0n) is 14.8. The van der Waals surface area contributed by atoms with Gasteiger partial charge in [0.15, 0.2) is 0 Å². The number of halogens is 1. The summed E-state index contributed by atoms with van der Waals surface area (Å²) in [5, 5.41) is 3.06. The molecule has 0 bridgehead atoms. The Morgan fingerprint density at radius 2 is 1.88 bits per heavy atom. The van der Waals surface area contributed by atoms with Crippen LogP contribution in [0.25, 0.3) is 0 Å². The van der Waals surface area contributed by atoms with Gasteiger partial charge in [-0.15, -0.1) is 11.8 Å². The highest BCUT2D eigenvalue weighted by Crippen LogP contribution is 2.41. The normalized spacial score (nSPS) is 26.7. The molecule has 0 unspecified atom stereocenters. The number of nitrogens with zero attached hydrogens (tertiary/aromatic N) is 1. The third-order valence-corrected chi connectivity index (χ3v) is 7.08. The fourth-order valence-electron chi connectivity index (χ4n) is 4.06. The van der Waals surface area contributed by atoms with Crippen molar-refractivity contribution in [2.24, 2.45) is 5.92 Å². The van der Waals surface area contributed by atoms with Crippen LogP contribution in [-0.2, 0) is 4.79 Å². The first kappa shape index (κ1) is 17.8. The van der Waals surface area contributed by atoms with E-state index in [-0.39, 0.29) is 23.2 Å². The van der Waals surface area contributed by atoms with Gasteiger partial charge in [-0.2, -0.15) is 0 Å². The van der Waals surface area contributed by atoms with Crippen molar-refractivity contribution in [3.8, 4) is 0 Å². The number of amides is 2. The highest BCUT2D eigenvalue weighted by Gasteiger charge is 2.45. The molecule has 0 radical (unpaired) electrons. The molecular formula is C20H25FN2O2S. The molecule has 6 heteroatoms.